The van der Waals surface area contributed by atoms with Gasteiger partial charge < -0.3 is 5.32 Å². The third-order valence-electron chi connectivity index (χ3n) is 3.69. The summed E-state index contributed by atoms with van der Waals surface area (Å²) in [7, 11) is 0. The van der Waals surface area contributed by atoms with Gasteiger partial charge in [-0.05, 0) is 18.4 Å². The van der Waals surface area contributed by atoms with E-state index in [1.54, 1.807) is 0 Å². The molecule has 4 heteroatoms. The molecule has 2 nitrogen and oxygen atoms in total. The Morgan fingerprint density at radius 3 is 2.41 bits per heavy atom. The Morgan fingerprint density at radius 1 is 1.12 bits per heavy atom. The van der Waals surface area contributed by atoms with Crippen LogP contribution in [0.15, 0.2) is 30.3 Å². The van der Waals surface area contributed by atoms with Crippen molar-refractivity contribution in [3.63, 3.8) is 0 Å². The smallest absolute Gasteiger partial charge is 0.0237 e. The van der Waals surface area contributed by atoms with Crippen LogP contribution in [0.5, 0.6) is 0 Å². The number of hydrogen-bond acceptors (Lipinski definition) is 2. The maximum Gasteiger partial charge on any atom is 0.0237 e. The van der Waals surface area contributed by atoms with Crippen LogP contribution in [0.3, 0.4) is 0 Å². The van der Waals surface area contributed by atoms with Gasteiger partial charge in [0.1, 0.15) is 0 Å². The minimum Gasteiger partial charge on any atom is -0.311 e. The Hall–Kier alpha value is -0.280. The molecule has 3 fully saturated rings. The van der Waals surface area contributed by atoms with Crippen LogP contribution in [0.2, 0.25) is 0 Å². The number of piperazine rings is 1. The van der Waals surface area contributed by atoms with Crippen LogP contribution in [0.4, 0.5) is 0 Å². The summed E-state index contributed by atoms with van der Waals surface area (Å²) in [6.45, 7) is 3.56. The zero-order valence-electron chi connectivity index (χ0n) is 9.84. The normalized spacial score (nSPS) is 27.1. The van der Waals surface area contributed by atoms with E-state index in [9.17, 15) is 0 Å². The zero-order valence-corrected chi connectivity index (χ0v) is 11.5. The number of nitrogens with one attached hydrogen (secondary N) is 1. The minimum atomic E-state index is 0. The van der Waals surface area contributed by atoms with Gasteiger partial charge in [0, 0.05) is 31.7 Å². The molecule has 3 aliphatic rings. The van der Waals surface area contributed by atoms with E-state index in [2.05, 4.69) is 40.5 Å². The number of nitrogens with zero attached hydrogens (tertiary/aromatic N) is 1. The molecule has 1 aromatic rings. The molecule has 1 aromatic carbocycles. The number of rotatable bonds is 2. The lowest BCUT2D eigenvalue weighted by Gasteiger charge is -2.46. The molecular weight excluding hydrogens is 255 g/mol. The Morgan fingerprint density at radius 2 is 1.88 bits per heavy atom. The topological polar surface area (TPSA) is 15.3 Å². The summed E-state index contributed by atoms with van der Waals surface area (Å²) >= 11 is 0. The SMILES string of the molecule is Cl.Cl.c1ccc(CN2CC3CCC2CN3)cc1. The molecule has 3 saturated heterocycles. The number of halogens is 2. The lowest BCUT2D eigenvalue weighted by Crippen LogP contribution is -2.60. The van der Waals surface area contributed by atoms with Gasteiger partial charge in [-0.1, -0.05) is 30.3 Å². The summed E-state index contributed by atoms with van der Waals surface area (Å²) in [5.74, 6) is 0. The van der Waals surface area contributed by atoms with E-state index < -0.39 is 0 Å². The van der Waals surface area contributed by atoms with Crippen LogP contribution in [0.1, 0.15) is 18.4 Å². The molecule has 17 heavy (non-hydrogen) atoms. The molecule has 0 aromatic heterocycles. The fourth-order valence-corrected chi connectivity index (χ4v) is 2.81. The van der Waals surface area contributed by atoms with E-state index in [0.717, 1.165) is 18.6 Å². The maximum atomic E-state index is 3.59. The van der Waals surface area contributed by atoms with Gasteiger partial charge in [-0.2, -0.15) is 0 Å². The van der Waals surface area contributed by atoms with Crippen LogP contribution < -0.4 is 5.32 Å². The summed E-state index contributed by atoms with van der Waals surface area (Å²) in [6.07, 6.45) is 2.75. The van der Waals surface area contributed by atoms with Crippen molar-refractivity contribution in [2.75, 3.05) is 13.1 Å². The summed E-state index contributed by atoms with van der Waals surface area (Å²) in [4.78, 5) is 2.64. The van der Waals surface area contributed by atoms with Gasteiger partial charge in [0.2, 0.25) is 0 Å². The van der Waals surface area contributed by atoms with Crippen LogP contribution in [-0.2, 0) is 6.54 Å². The van der Waals surface area contributed by atoms with E-state index in [0.29, 0.717) is 0 Å². The first kappa shape index (κ1) is 14.8. The van der Waals surface area contributed by atoms with E-state index >= 15 is 0 Å². The highest BCUT2D eigenvalue weighted by Gasteiger charge is 2.32. The lowest BCUT2D eigenvalue weighted by molar-refractivity contribution is 0.0685. The van der Waals surface area contributed by atoms with E-state index in [1.807, 2.05) is 0 Å². The number of benzene rings is 1. The second-order valence-electron chi connectivity index (χ2n) is 4.75. The van der Waals surface area contributed by atoms with Crippen molar-refractivity contribution >= 4 is 24.8 Å². The monoisotopic (exact) mass is 274 g/mol. The molecule has 3 heterocycles. The van der Waals surface area contributed by atoms with Crippen molar-refractivity contribution in [3.8, 4) is 0 Å². The summed E-state index contributed by atoms with van der Waals surface area (Å²) in [5.41, 5.74) is 1.45. The van der Waals surface area contributed by atoms with Gasteiger partial charge in [0.05, 0.1) is 0 Å². The van der Waals surface area contributed by atoms with Crippen LogP contribution in [0, 0.1) is 0 Å². The van der Waals surface area contributed by atoms with Gasteiger partial charge in [-0.25, -0.2) is 0 Å². The van der Waals surface area contributed by atoms with E-state index in [-0.39, 0.29) is 24.8 Å². The highest BCUT2D eigenvalue weighted by molar-refractivity contribution is 5.85. The van der Waals surface area contributed by atoms with Crippen molar-refractivity contribution in [1.29, 1.82) is 0 Å². The average molecular weight is 275 g/mol. The van der Waals surface area contributed by atoms with Gasteiger partial charge in [0.25, 0.3) is 0 Å². The van der Waals surface area contributed by atoms with Crippen molar-refractivity contribution in [2.45, 2.75) is 31.5 Å². The Balaban J connectivity index is 0.000000722. The first-order chi connectivity index (χ1) is 7.42. The molecule has 2 atom stereocenters. The molecular formula is C13H20Cl2N2. The van der Waals surface area contributed by atoms with Gasteiger partial charge in [0.15, 0.2) is 0 Å². The molecule has 0 aliphatic carbocycles. The quantitative estimate of drug-likeness (QED) is 0.892. The molecule has 0 spiro atoms. The van der Waals surface area contributed by atoms with Gasteiger partial charge in [-0.15, -0.1) is 24.8 Å². The number of hydrogen-bond donors (Lipinski definition) is 1. The second-order valence-corrected chi connectivity index (χ2v) is 4.75. The standard InChI is InChI=1S/C13H18N2.2ClH/c1-2-4-11(5-3-1)9-15-10-12-6-7-13(15)8-14-12;;/h1-5,12-14H,6-10H2;2*1H. The summed E-state index contributed by atoms with van der Waals surface area (Å²) in [5, 5.41) is 3.59. The summed E-state index contributed by atoms with van der Waals surface area (Å²) < 4.78 is 0. The van der Waals surface area contributed by atoms with Gasteiger partial charge in [-0.3, -0.25) is 4.90 Å². The van der Waals surface area contributed by atoms with Gasteiger partial charge >= 0.3 is 0 Å². The predicted octanol–water partition coefficient (Wildman–Crippen LogP) is 2.47. The Labute approximate surface area is 116 Å². The van der Waals surface area contributed by atoms with E-state index in [1.165, 1.54) is 31.5 Å². The second kappa shape index (κ2) is 6.60. The number of piperidine rings is 2. The molecule has 0 saturated carbocycles. The molecule has 96 valence electrons. The Kier molecular flexibility index (Phi) is 5.74. The third-order valence-corrected chi connectivity index (χ3v) is 3.69. The molecule has 3 aliphatic heterocycles. The predicted molar refractivity (Wildman–Crippen MR) is 76.2 cm³/mol. The molecule has 4 rings (SSSR count). The van der Waals surface area contributed by atoms with Crippen molar-refractivity contribution in [3.05, 3.63) is 35.9 Å². The van der Waals surface area contributed by atoms with Crippen LogP contribution >= 0.6 is 24.8 Å². The Bertz CT molecular complexity index is 323. The lowest BCUT2D eigenvalue weighted by atomic mass is 9.92. The minimum absolute atomic E-state index is 0. The molecule has 0 radical (unpaired) electrons. The highest BCUT2D eigenvalue weighted by atomic mass is 35.5. The fourth-order valence-electron chi connectivity index (χ4n) is 2.81. The first-order valence-electron chi connectivity index (χ1n) is 5.93. The zero-order chi connectivity index (χ0) is 10.1. The van der Waals surface area contributed by atoms with Crippen molar-refractivity contribution in [1.82, 2.24) is 10.2 Å². The summed E-state index contributed by atoms with van der Waals surface area (Å²) in [6, 6.07) is 12.3. The molecule has 0 amide bonds. The maximum absolute atomic E-state index is 3.59. The molecule has 1 N–H and O–H groups in total. The largest absolute Gasteiger partial charge is 0.311 e. The van der Waals surface area contributed by atoms with Crippen molar-refractivity contribution in [2.24, 2.45) is 0 Å². The van der Waals surface area contributed by atoms with Crippen LogP contribution in [0.25, 0.3) is 0 Å². The average Bonchev–Trinajstić information content (AvgIpc) is 2.32. The first-order valence-corrected chi connectivity index (χ1v) is 5.93. The fraction of sp³-hybridized carbons (Fsp3) is 0.538. The highest BCUT2D eigenvalue weighted by Crippen LogP contribution is 2.23. The van der Waals surface area contributed by atoms with Crippen molar-refractivity contribution < 1.29 is 0 Å². The number of fused-ring (bicyclic) bond motifs is 3. The molecule has 2 bridgehead atoms. The third kappa shape index (κ3) is 3.35. The van der Waals surface area contributed by atoms with E-state index in [4.69, 9.17) is 0 Å². The van der Waals surface area contributed by atoms with Crippen LogP contribution in [-0.4, -0.2) is 30.1 Å². The molecule has 2 unspecified atom stereocenters.